The maximum Gasteiger partial charge on any atom is 0.275 e. The SMILES string of the molecule is CCCN(CCC)C(C#N)c1ccccc1[N+](=O)[O-]. The van der Waals surface area contributed by atoms with Crippen LogP contribution in [0.25, 0.3) is 0 Å². The molecule has 0 amide bonds. The predicted octanol–water partition coefficient (Wildman–Crippen LogP) is 3.28. The highest BCUT2D eigenvalue weighted by Crippen LogP contribution is 2.28. The van der Waals surface area contributed by atoms with Gasteiger partial charge in [-0.25, -0.2) is 0 Å². The number of nitrogens with zero attached hydrogens (tertiary/aromatic N) is 3. The average Bonchev–Trinajstić information content (AvgIpc) is 2.40. The zero-order chi connectivity index (χ0) is 14.3. The highest BCUT2D eigenvalue weighted by Gasteiger charge is 2.25. The Morgan fingerprint density at radius 2 is 1.89 bits per heavy atom. The Bertz CT molecular complexity index is 462. The van der Waals surface area contributed by atoms with Crippen molar-refractivity contribution < 1.29 is 4.92 Å². The van der Waals surface area contributed by atoms with Crippen molar-refractivity contribution in [2.24, 2.45) is 0 Å². The van der Waals surface area contributed by atoms with Crippen LogP contribution in [0.1, 0.15) is 38.3 Å². The van der Waals surface area contributed by atoms with Crippen molar-refractivity contribution in [3.8, 4) is 6.07 Å². The minimum atomic E-state index is -0.554. The summed E-state index contributed by atoms with van der Waals surface area (Å²) in [5.41, 5.74) is 0.503. The normalized spacial score (nSPS) is 12.1. The third-order valence-corrected chi connectivity index (χ3v) is 2.94. The van der Waals surface area contributed by atoms with Crippen LogP contribution in [-0.2, 0) is 0 Å². The fourth-order valence-electron chi connectivity index (χ4n) is 2.18. The van der Waals surface area contributed by atoms with E-state index in [1.54, 1.807) is 18.2 Å². The van der Waals surface area contributed by atoms with E-state index in [9.17, 15) is 15.4 Å². The maximum atomic E-state index is 11.1. The van der Waals surface area contributed by atoms with E-state index in [-0.39, 0.29) is 5.69 Å². The monoisotopic (exact) mass is 261 g/mol. The first-order valence-electron chi connectivity index (χ1n) is 6.52. The lowest BCUT2D eigenvalue weighted by Crippen LogP contribution is -2.30. The third kappa shape index (κ3) is 3.76. The topological polar surface area (TPSA) is 70.2 Å². The van der Waals surface area contributed by atoms with Crippen molar-refractivity contribution in [3.63, 3.8) is 0 Å². The van der Waals surface area contributed by atoms with Crippen LogP contribution in [0.4, 0.5) is 5.69 Å². The smallest absolute Gasteiger partial charge is 0.275 e. The Balaban J connectivity index is 3.15. The zero-order valence-electron chi connectivity index (χ0n) is 11.4. The highest BCUT2D eigenvalue weighted by molar-refractivity contribution is 5.44. The van der Waals surface area contributed by atoms with Crippen LogP contribution in [0, 0.1) is 21.4 Å². The molecule has 0 spiro atoms. The minimum absolute atomic E-state index is 0.0197. The summed E-state index contributed by atoms with van der Waals surface area (Å²) >= 11 is 0. The fraction of sp³-hybridized carbons (Fsp3) is 0.500. The van der Waals surface area contributed by atoms with E-state index in [4.69, 9.17) is 0 Å². The molecule has 1 aromatic rings. The molecule has 0 aliphatic carbocycles. The van der Waals surface area contributed by atoms with E-state index >= 15 is 0 Å². The van der Waals surface area contributed by atoms with Gasteiger partial charge in [-0.2, -0.15) is 5.26 Å². The van der Waals surface area contributed by atoms with Gasteiger partial charge in [-0.05, 0) is 32.0 Å². The molecule has 0 aliphatic heterocycles. The van der Waals surface area contributed by atoms with E-state index < -0.39 is 11.0 Å². The summed E-state index contributed by atoms with van der Waals surface area (Å²) < 4.78 is 0. The number of para-hydroxylation sites is 1. The molecule has 0 aromatic heterocycles. The highest BCUT2D eigenvalue weighted by atomic mass is 16.6. The quantitative estimate of drug-likeness (QED) is 0.558. The largest absolute Gasteiger partial charge is 0.284 e. The first-order valence-corrected chi connectivity index (χ1v) is 6.52. The number of benzene rings is 1. The molecule has 0 fully saturated rings. The van der Waals surface area contributed by atoms with Gasteiger partial charge in [0.15, 0.2) is 0 Å². The van der Waals surface area contributed by atoms with Crippen LogP contribution < -0.4 is 0 Å². The summed E-state index contributed by atoms with van der Waals surface area (Å²) in [6.45, 7) is 5.60. The Morgan fingerprint density at radius 1 is 1.32 bits per heavy atom. The number of nitriles is 1. The molecule has 1 aromatic carbocycles. The van der Waals surface area contributed by atoms with Gasteiger partial charge >= 0.3 is 0 Å². The number of rotatable bonds is 7. The predicted molar refractivity (Wildman–Crippen MR) is 73.6 cm³/mol. The molecule has 102 valence electrons. The van der Waals surface area contributed by atoms with Crippen LogP contribution in [0.3, 0.4) is 0 Å². The van der Waals surface area contributed by atoms with E-state index in [1.165, 1.54) is 6.07 Å². The van der Waals surface area contributed by atoms with Gasteiger partial charge in [-0.1, -0.05) is 26.0 Å². The summed E-state index contributed by atoms with van der Waals surface area (Å²) in [4.78, 5) is 12.6. The van der Waals surface area contributed by atoms with Crippen molar-refractivity contribution in [2.45, 2.75) is 32.7 Å². The third-order valence-electron chi connectivity index (χ3n) is 2.94. The van der Waals surface area contributed by atoms with Gasteiger partial charge in [0.1, 0.15) is 6.04 Å². The van der Waals surface area contributed by atoms with Gasteiger partial charge in [0.05, 0.1) is 16.6 Å². The molecular weight excluding hydrogens is 242 g/mol. The molecule has 5 nitrogen and oxygen atoms in total. The second-order valence-electron chi connectivity index (χ2n) is 4.38. The zero-order valence-corrected chi connectivity index (χ0v) is 11.4. The lowest BCUT2D eigenvalue weighted by atomic mass is 10.0. The number of hydrogen-bond acceptors (Lipinski definition) is 4. The van der Waals surface area contributed by atoms with Gasteiger partial charge < -0.3 is 0 Å². The van der Waals surface area contributed by atoms with E-state index in [1.807, 2.05) is 18.7 Å². The summed E-state index contributed by atoms with van der Waals surface area (Å²) in [6.07, 6.45) is 1.83. The molecule has 1 unspecified atom stereocenters. The van der Waals surface area contributed by atoms with E-state index in [0.717, 1.165) is 25.9 Å². The molecule has 0 bridgehead atoms. The second-order valence-corrected chi connectivity index (χ2v) is 4.38. The van der Waals surface area contributed by atoms with Gasteiger partial charge in [0.2, 0.25) is 0 Å². The van der Waals surface area contributed by atoms with Crippen molar-refractivity contribution in [1.29, 1.82) is 5.26 Å². The standard InChI is InChI=1S/C14H19N3O2/c1-3-9-16(10-4-2)14(11-15)12-7-5-6-8-13(12)17(18)19/h5-8,14H,3-4,9-10H2,1-2H3. The Morgan fingerprint density at radius 3 is 2.37 bits per heavy atom. The van der Waals surface area contributed by atoms with Crippen LogP contribution in [0.5, 0.6) is 0 Å². The second kappa shape index (κ2) is 7.49. The molecule has 0 heterocycles. The first kappa shape index (κ1) is 15.1. The van der Waals surface area contributed by atoms with Crippen LogP contribution in [-0.4, -0.2) is 22.9 Å². The maximum absolute atomic E-state index is 11.1. The molecular formula is C14H19N3O2. The van der Waals surface area contributed by atoms with Gasteiger partial charge in [-0.15, -0.1) is 0 Å². The Labute approximate surface area is 113 Å². The Kier molecular flexibility index (Phi) is 5.97. The molecule has 1 rings (SSSR count). The first-order chi connectivity index (χ1) is 9.15. The summed E-state index contributed by atoms with van der Waals surface area (Å²) in [5.74, 6) is 0. The average molecular weight is 261 g/mol. The summed E-state index contributed by atoms with van der Waals surface area (Å²) in [7, 11) is 0. The van der Waals surface area contributed by atoms with Crippen LogP contribution >= 0.6 is 0 Å². The van der Waals surface area contributed by atoms with Gasteiger partial charge in [0, 0.05) is 6.07 Å². The van der Waals surface area contributed by atoms with Crippen molar-refractivity contribution in [1.82, 2.24) is 4.90 Å². The molecule has 0 aliphatic rings. The number of nitro benzene ring substituents is 1. The molecule has 0 radical (unpaired) electrons. The Hall–Kier alpha value is -1.93. The lowest BCUT2D eigenvalue weighted by molar-refractivity contribution is -0.385. The van der Waals surface area contributed by atoms with Gasteiger partial charge in [0.25, 0.3) is 5.69 Å². The van der Waals surface area contributed by atoms with Crippen molar-refractivity contribution in [3.05, 3.63) is 39.9 Å². The number of hydrogen-bond donors (Lipinski definition) is 0. The molecule has 19 heavy (non-hydrogen) atoms. The number of nitro groups is 1. The van der Waals surface area contributed by atoms with E-state index in [0.29, 0.717) is 5.56 Å². The van der Waals surface area contributed by atoms with Gasteiger partial charge in [-0.3, -0.25) is 15.0 Å². The molecule has 0 saturated carbocycles. The fourth-order valence-corrected chi connectivity index (χ4v) is 2.18. The molecule has 5 heteroatoms. The molecule has 0 N–H and O–H groups in total. The van der Waals surface area contributed by atoms with Crippen LogP contribution in [0.15, 0.2) is 24.3 Å². The van der Waals surface area contributed by atoms with E-state index in [2.05, 4.69) is 6.07 Å². The van der Waals surface area contributed by atoms with Crippen molar-refractivity contribution >= 4 is 5.69 Å². The summed E-state index contributed by atoms with van der Waals surface area (Å²) in [5, 5.41) is 20.5. The minimum Gasteiger partial charge on any atom is -0.284 e. The molecule has 0 saturated heterocycles. The van der Waals surface area contributed by atoms with Crippen LogP contribution in [0.2, 0.25) is 0 Å². The van der Waals surface area contributed by atoms with Crippen molar-refractivity contribution in [2.75, 3.05) is 13.1 Å². The summed E-state index contributed by atoms with van der Waals surface area (Å²) in [6, 6.07) is 8.14. The molecule has 1 atom stereocenters. The lowest BCUT2D eigenvalue weighted by Gasteiger charge is -2.26.